The standard InChI is InChI=1S/C17H22N2O3S/c20-17(18-15-5-9-21-10-6-15)19(12-14-4-8-22-13-14)7-3-16-2-1-11-23-16/h1-2,4,8,11,13,15H,3,5-7,9-10,12H2,(H,18,20). The van der Waals surface area contributed by atoms with Gasteiger partial charge in [0.1, 0.15) is 0 Å². The molecule has 0 bridgehead atoms. The van der Waals surface area contributed by atoms with Gasteiger partial charge in [-0.1, -0.05) is 6.07 Å². The first-order valence-corrected chi connectivity index (χ1v) is 8.86. The van der Waals surface area contributed by atoms with Gasteiger partial charge in [-0.05, 0) is 36.8 Å². The number of hydrogen-bond donors (Lipinski definition) is 1. The van der Waals surface area contributed by atoms with Crippen molar-refractivity contribution in [3.8, 4) is 0 Å². The summed E-state index contributed by atoms with van der Waals surface area (Å²) < 4.78 is 10.5. The summed E-state index contributed by atoms with van der Waals surface area (Å²) in [6.45, 7) is 2.71. The molecule has 6 heteroatoms. The van der Waals surface area contributed by atoms with Crippen molar-refractivity contribution in [1.82, 2.24) is 10.2 Å². The fourth-order valence-corrected chi connectivity index (χ4v) is 3.36. The van der Waals surface area contributed by atoms with E-state index in [0.29, 0.717) is 13.1 Å². The van der Waals surface area contributed by atoms with Gasteiger partial charge >= 0.3 is 6.03 Å². The molecule has 0 atom stereocenters. The van der Waals surface area contributed by atoms with Crippen LogP contribution in [-0.2, 0) is 17.7 Å². The van der Waals surface area contributed by atoms with Crippen LogP contribution >= 0.6 is 11.3 Å². The highest BCUT2D eigenvalue weighted by molar-refractivity contribution is 7.09. The molecule has 1 N–H and O–H groups in total. The zero-order chi connectivity index (χ0) is 15.9. The molecule has 3 rings (SSSR count). The van der Waals surface area contributed by atoms with Gasteiger partial charge in [-0.15, -0.1) is 11.3 Å². The Morgan fingerprint density at radius 1 is 1.35 bits per heavy atom. The van der Waals surface area contributed by atoms with E-state index in [1.165, 1.54) is 4.88 Å². The van der Waals surface area contributed by atoms with Crippen LogP contribution in [0, 0.1) is 0 Å². The van der Waals surface area contributed by atoms with Crippen molar-refractivity contribution in [2.75, 3.05) is 19.8 Å². The Morgan fingerprint density at radius 2 is 2.22 bits per heavy atom. The fourth-order valence-electron chi connectivity index (χ4n) is 2.66. The van der Waals surface area contributed by atoms with Crippen molar-refractivity contribution < 1.29 is 13.9 Å². The first-order valence-electron chi connectivity index (χ1n) is 7.98. The maximum atomic E-state index is 12.6. The van der Waals surface area contributed by atoms with Gasteiger partial charge in [-0.25, -0.2) is 4.79 Å². The lowest BCUT2D eigenvalue weighted by Crippen LogP contribution is -2.47. The van der Waals surface area contributed by atoms with Gasteiger partial charge in [-0.3, -0.25) is 0 Å². The number of carbonyl (C=O) groups excluding carboxylic acids is 1. The first kappa shape index (κ1) is 16.1. The van der Waals surface area contributed by atoms with Gasteiger partial charge in [-0.2, -0.15) is 0 Å². The molecule has 2 aromatic rings. The molecular weight excluding hydrogens is 312 g/mol. The topological polar surface area (TPSA) is 54.7 Å². The van der Waals surface area contributed by atoms with Gasteiger partial charge in [0.25, 0.3) is 0 Å². The van der Waals surface area contributed by atoms with Crippen LogP contribution in [0.4, 0.5) is 4.79 Å². The molecule has 0 radical (unpaired) electrons. The first-order chi connectivity index (χ1) is 11.3. The molecule has 2 amide bonds. The molecule has 1 fully saturated rings. The van der Waals surface area contributed by atoms with E-state index in [4.69, 9.17) is 9.15 Å². The Bertz CT molecular complexity index is 577. The molecule has 124 valence electrons. The summed E-state index contributed by atoms with van der Waals surface area (Å²) in [5.74, 6) is 0. The Kier molecular flexibility index (Phi) is 5.71. The van der Waals surface area contributed by atoms with Crippen molar-refractivity contribution in [1.29, 1.82) is 0 Å². The molecule has 1 aliphatic rings. The maximum absolute atomic E-state index is 12.6. The minimum absolute atomic E-state index is 0.00495. The van der Waals surface area contributed by atoms with Crippen molar-refractivity contribution >= 4 is 17.4 Å². The fraction of sp³-hybridized carbons (Fsp3) is 0.471. The van der Waals surface area contributed by atoms with E-state index in [1.54, 1.807) is 23.9 Å². The average molecular weight is 334 g/mol. The van der Waals surface area contributed by atoms with E-state index in [2.05, 4.69) is 16.8 Å². The smallest absolute Gasteiger partial charge is 0.317 e. The van der Waals surface area contributed by atoms with Crippen molar-refractivity contribution in [3.05, 3.63) is 46.5 Å². The van der Waals surface area contributed by atoms with Crippen LogP contribution in [0.2, 0.25) is 0 Å². The predicted molar refractivity (Wildman–Crippen MR) is 89.5 cm³/mol. The zero-order valence-electron chi connectivity index (χ0n) is 13.1. The van der Waals surface area contributed by atoms with E-state index in [1.807, 2.05) is 17.0 Å². The Hall–Kier alpha value is -1.79. The summed E-state index contributed by atoms with van der Waals surface area (Å²) in [5.41, 5.74) is 1.01. The lowest BCUT2D eigenvalue weighted by atomic mass is 10.1. The van der Waals surface area contributed by atoms with Gasteiger partial charge in [0.05, 0.1) is 19.1 Å². The number of amides is 2. The van der Waals surface area contributed by atoms with E-state index in [0.717, 1.165) is 38.0 Å². The molecule has 23 heavy (non-hydrogen) atoms. The molecule has 5 nitrogen and oxygen atoms in total. The molecule has 1 aliphatic heterocycles. The largest absolute Gasteiger partial charge is 0.472 e. The molecule has 0 spiro atoms. The summed E-state index contributed by atoms with van der Waals surface area (Å²) in [7, 11) is 0. The minimum atomic E-state index is -0.00495. The van der Waals surface area contributed by atoms with E-state index < -0.39 is 0 Å². The lowest BCUT2D eigenvalue weighted by Gasteiger charge is -2.28. The SMILES string of the molecule is O=C(NC1CCOCC1)N(CCc1cccs1)Cc1ccoc1. The number of rotatable bonds is 6. The number of nitrogens with zero attached hydrogens (tertiary/aromatic N) is 1. The average Bonchev–Trinajstić information content (AvgIpc) is 3.26. The molecule has 0 unspecified atom stereocenters. The normalized spacial score (nSPS) is 15.5. The number of thiophene rings is 1. The van der Waals surface area contributed by atoms with Crippen LogP contribution in [0.3, 0.4) is 0 Å². The summed E-state index contributed by atoms with van der Waals surface area (Å²) >= 11 is 1.73. The molecule has 1 saturated heterocycles. The van der Waals surface area contributed by atoms with Crippen LogP contribution in [0.15, 0.2) is 40.5 Å². The molecule has 0 aromatic carbocycles. The monoisotopic (exact) mass is 334 g/mol. The van der Waals surface area contributed by atoms with Gasteiger partial charge in [0.15, 0.2) is 0 Å². The number of ether oxygens (including phenoxy) is 1. The Labute approximate surface area is 140 Å². The number of furan rings is 1. The minimum Gasteiger partial charge on any atom is -0.472 e. The zero-order valence-corrected chi connectivity index (χ0v) is 13.9. The Balaban J connectivity index is 1.59. The van der Waals surface area contributed by atoms with Crippen LogP contribution in [0.5, 0.6) is 0 Å². The summed E-state index contributed by atoms with van der Waals surface area (Å²) in [5, 5.41) is 5.21. The predicted octanol–water partition coefficient (Wildman–Crippen LogP) is 3.27. The van der Waals surface area contributed by atoms with E-state index in [-0.39, 0.29) is 12.1 Å². The van der Waals surface area contributed by atoms with E-state index in [9.17, 15) is 4.79 Å². The highest BCUT2D eigenvalue weighted by atomic mass is 32.1. The summed E-state index contributed by atoms with van der Waals surface area (Å²) in [6, 6.07) is 6.26. The van der Waals surface area contributed by atoms with Crippen molar-refractivity contribution in [2.45, 2.75) is 31.8 Å². The van der Waals surface area contributed by atoms with Crippen LogP contribution in [0.1, 0.15) is 23.3 Å². The number of urea groups is 1. The number of nitrogens with one attached hydrogen (secondary N) is 1. The molecule has 2 aromatic heterocycles. The second kappa shape index (κ2) is 8.17. The third-order valence-corrected chi connectivity index (χ3v) is 4.93. The molecular formula is C17H22N2O3S. The summed E-state index contributed by atoms with van der Waals surface area (Å²) in [6.07, 6.45) is 5.98. The highest BCUT2D eigenvalue weighted by Gasteiger charge is 2.20. The van der Waals surface area contributed by atoms with Crippen molar-refractivity contribution in [2.24, 2.45) is 0 Å². The second-order valence-electron chi connectivity index (χ2n) is 5.72. The van der Waals surface area contributed by atoms with Crippen LogP contribution in [-0.4, -0.2) is 36.7 Å². The number of carbonyl (C=O) groups is 1. The van der Waals surface area contributed by atoms with E-state index >= 15 is 0 Å². The quantitative estimate of drug-likeness (QED) is 0.882. The van der Waals surface area contributed by atoms with Gasteiger partial charge < -0.3 is 19.4 Å². The molecule has 3 heterocycles. The van der Waals surface area contributed by atoms with Gasteiger partial charge in [0.2, 0.25) is 0 Å². The third-order valence-electron chi connectivity index (χ3n) is 4.00. The summed E-state index contributed by atoms with van der Waals surface area (Å²) in [4.78, 5) is 15.8. The van der Waals surface area contributed by atoms with Crippen LogP contribution in [0.25, 0.3) is 0 Å². The third kappa shape index (κ3) is 4.84. The number of hydrogen-bond acceptors (Lipinski definition) is 4. The molecule has 0 saturated carbocycles. The second-order valence-corrected chi connectivity index (χ2v) is 6.75. The highest BCUT2D eigenvalue weighted by Crippen LogP contribution is 2.13. The molecule has 0 aliphatic carbocycles. The van der Waals surface area contributed by atoms with Gasteiger partial charge in [0, 0.05) is 36.2 Å². The van der Waals surface area contributed by atoms with Crippen molar-refractivity contribution in [3.63, 3.8) is 0 Å². The maximum Gasteiger partial charge on any atom is 0.317 e. The Morgan fingerprint density at radius 3 is 2.91 bits per heavy atom. The van der Waals surface area contributed by atoms with Crippen LogP contribution < -0.4 is 5.32 Å². The lowest BCUT2D eigenvalue weighted by molar-refractivity contribution is 0.0779.